The van der Waals surface area contributed by atoms with Crippen molar-refractivity contribution < 1.29 is 9.53 Å². The van der Waals surface area contributed by atoms with Crippen molar-refractivity contribution in [2.24, 2.45) is 5.41 Å². The summed E-state index contributed by atoms with van der Waals surface area (Å²) in [6.45, 7) is 5.25. The summed E-state index contributed by atoms with van der Waals surface area (Å²) in [4.78, 5) is 16.5. The number of imidazole rings is 1. The van der Waals surface area contributed by atoms with Gasteiger partial charge in [0, 0.05) is 31.5 Å². The number of hydrogen-bond acceptors (Lipinski definition) is 3. The molecule has 0 radical (unpaired) electrons. The molecule has 0 spiro atoms. The van der Waals surface area contributed by atoms with Crippen LogP contribution in [0.3, 0.4) is 0 Å². The smallest absolute Gasteiger partial charge is 0.242 e. The van der Waals surface area contributed by atoms with E-state index >= 15 is 0 Å². The molecule has 1 aliphatic carbocycles. The summed E-state index contributed by atoms with van der Waals surface area (Å²) in [5.41, 5.74) is 0.133. The number of hydrogen-bond donors (Lipinski definition) is 1. The van der Waals surface area contributed by atoms with Gasteiger partial charge in [-0.15, -0.1) is 0 Å². The maximum Gasteiger partial charge on any atom is 0.242 e. The van der Waals surface area contributed by atoms with Crippen molar-refractivity contribution in [1.29, 1.82) is 0 Å². The van der Waals surface area contributed by atoms with Gasteiger partial charge in [-0.1, -0.05) is 12.8 Å². The van der Waals surface area contributed by atoms with Crippen molar-refractivity contribution in [3.8, 4) is 0 Å². The van der Waals surface area contributed by atoms with E-state index in [-0.39, 0.29) is 17.4 Å². The van der Waals surface area contributed by atoms with Crippen molar-refractivity contribution in [1.82, 2.24) is 14.9 Å². The van der Waals surface area contributed by atoms with Gasteiger partial charge in [0.2, 0.25) is 5.91 Å². The number of aromatic nitrogens is 2. The van der Waals surface area contributed by atoms with E-state index in [1.165, 1.54) is 12.8 Å². The highest BCUT2D eigenvalue weighted by Gasteiger charge is 2.34. The molecule has 1 aromatic rings. The van der Waals surface area contributed by atoms with E-state index in [2.05, 4.69) is 10.3 Å². The largest absolute Gasteiger partial charge is 0.384 e. The molecule has 1 amide bonds. The molecule has 2 rings (SSSR count). The topological polar surface area (TPSA) is 56.1 Å². The Morgan fingerprint density at radius 3 is 2.80 bits per heavy atom. The van der Waals surface area contributed by atoms with Crippen LogP contribution in [0.2, 0.25) is 0 Å². The van der Waals surface area contributed by atoms with Crippen molar-refractivity contribution in [2.45, 2.75) is 45.6 Å². The van der Waals surface area contributed by atoms with E-state index in [1.807, 2.05) is 24.6 Å². The van der Waals surface area contributed by atoms with Gasteiger partial charge in [-0.25, -0.2) is 4.98 Å². The lowest BCUT2D eigenvalue weighted by atomic mass is 9.87. The fourth-order valence-electron chi connectivity index (χ4n) is 3.15. The molecule has 1 fully saturated rings. The SMILES string of the molecule is COCC1(CNC(=O)[C@@H](C)n2ccnc2C)CCCC1. The van der Waals surface area contributed by atoms with Crippen LogP contribution in [-0.4, -0.2) is 35.7 Å². The molecule has 1 aromatic heterocycles. The van der Waals surface area contributed by atoms with Crippen LogP contribution in [0.15, 0.2) is 12.4 Å². The van der Waals surface area contributed by atoms with Crippen molar-refractivity contribution in [2.75, 3.05) is 20.3 Å². The molecule has 1 N–H and O–H groups in total. The van der Waals surface area contributed by atoms with E-state index < -0.39 is 0 Å². The lowest BCUT2D eigenvalue weighted by Gasteiger charge is -2.29. The van der Waals surface area contributed by atoms with Crippen molar-refractivity contribution in [3.63, 3.8) is 0 Å². The number of carbonyl (C=O) groups is 1. The molecule has 0 aliphatic heterocycles. The Balaban J connectivity index is 1.93. The zero-order valence-electron chi connectivity index (χ0n) is 12.7. The molecule has 1 aliphatic rings. The van der Waals surface area contributed by atoms with E-state index in [9.17, 15) is 4.79 Å². The Bertz CT molecular complexity index is 450. The zero-order valence-corrected chi connectivity index (χ0v) is 12.7. The van der Waals surface area contributed by atoms with Gasteiger partial charge in [-0.2, -0.15) is 0 Å². The molecule has 1 saturated carbocycles. The predicted octanol–water partition coefficient (Wildman–Crippen LogP) is 2.08. The summed E-state index contributed by atoms with van der Waals surface area (Å²) in [7, 11) is 1.74. The fourth-order valence-corrected chi connectivity index (χ4v) is 3.15. The number of methoxy groups -OCH3 is 1. The van der Waals surface area contributed by atoms with Crippen molar-refractivity contribution >= 4 is 5.91 Å². The Morgan fingerprint density at radius 1 is 1.55 bits per heavy atom. The first kappa shape index (κ1) is 15.0. The third-order valence-corrected chi connectivity index (χ3v) is 4.41. The van der Waals surface area contributed by atoms with Crippen LogP contribution < -0.4 is 5.32 Å². The molecule has 0 aromatic carbocycles. The number of carbonyl (C=O) groups excluding carboxylic acids is 1. The summed E-state index contributed by atoms with van der Waals surface area (Å²) in [6, 6.07) is -0.224. The van der Waals surface area contributed by atoms with Gasteiger partial charge in [0.1, 0.15) is 11.9 Å². The number of ether oxygens (including phenoxy) is 1. The van der Waals surface area contributed by atoms with Crippen LogP contribution in [0.5, 0.6) is 0 Å². The maximum absolute atomic E-state index is 12.3. The second-order valence-electron chi connectivity index (χ2n) is 5.92. The molecule has 0 unspecified atom stereocenters. The normalized spacial score (nSPS) is 18.9. The quantitative estimate of drug-likeness (QED) is 0.867. The van der Waals surface area contributed by atoms with E-state index in [0.717, 1.165) is 25.3 Å². The maximum atomic E-state index is 12.3. The van der Waals surface area contributed by atoms with Gasteiger partial charge in [-0.3, -0.25) is 4.79 Å². The van der Waals surface area contributed by atoms with Crippen molar-refractivity contribution in [3.05, 3.63) is 18.2 Å². The average molecular weight is 279 g/mol. The molecule has 112 valence electrons. The Morgan fingerprint density at radius 2 is 2.25 bits per heavy atom. The monoisotopic (exact) mass is 279 g/mol. The minimum absolute atomic E-state index is 0.0495. The highest BCUT2D eigenvalue weighted by Crippen LogP contribution is 2.37. The number of amides is 1. The van der Waals surface area contributed by atoms with Gasteiger partial charge >= 0.3 is 0 Å². The minimum Gasteiger partial charge on any atom is -0.384 e. The van der Waals surface area contributed by atoms with Gasteiger partial charge in [-0.05, 0) is 26.7 Å². The van der Waals surface area contributed by atoms with E-state index in [4.69, 9.17) is 4.74 Å². The highest BCUT2D eigenvalue weighted by molar-refractivity contribution is 5.80. The molecule has 20 heavy (non-hydrogen) atoms. The van der Waals surface area contributed by atoms with Crippen LogP contribution in [0.1, 0.15) is 44.5 Å². The summed E-state index contributed by atoms with van der Waals surface area (Å²) in [6.07, 6.45) is 8.31. The number of nitrogens with zero attached hydrogens (tertiary/aromatic N) is 2. The molecular formula is C15H25N3O2. The lowest BCUT2D eigenvalue weighted by Crippen LogP contribution is -2.41. The number of nitrogens with one attached hydrogen (secondary N) is 1. The average Bonchev–Trinajstić information content (AvgIpc) is 3.05. The third kappa shape index (κ3) is 3.20. The third-order valence-electron chi connectivity index (χ3n) is 4.41. The Hall–Kier alpha value is -1.36. The van der Waals surface area contributed by atoms with Gasteiger partial charge in [0.15, 0.2) is 0 Å². The lowest BCUT2D eigenvalue weighted by molar-refractivity contribution is -0.124. The molecule has 0 bridgehead atoms. The first-order valence-corrected chi connectivity index (χ1v) is 7.34. The van der Waals surface area contributed by atoms with Crippen LogP contribution >= 0.6 is 0 Å². The zero-order chi connectivity index (χ0) is 14.6. The minimum atomic E-state index is -0.224. The summed E-state index contributed by atoms with van der Waals surface area (Å²) < 4.78 is 7.24. The standard InChI is InChI=1S/C15H25N3O2/c1-12(18-9-8-16-13(18)2)14(19)17-10-15(11-20-3)6-4-5-7-15/h8-9,12H,4-7,10-11H2,1-3H3,(H,17,19)/t12-/m1/s1. The first-order chi connectivity index (χ1) is 9.58. The molecule has 5 nitrogen and oxygen atoms in total. The summed E-state index contributed by atoms with van der Waals surface area (Å²) in [5.74, 6) is 0.911. The van der Waals surface area contributed by atoms with Crippen LogP contribution in [0.4, 0.5) is 0 Å². The van der Waals surface area contributed by atoms with E-state index in [1.54, 1.807) is 13.3 Å². The summed E-state index contributed by atoms with van der Waals surface area (Å²) >= 11 is 0. The van der Waals surface area contributed by atoms with Crippen LogP contribution in [0, 0.1) is 12.3 Å². The Kier molecular flexibility index (Phi) is 4.81. The second kappa shape index (κ2) is 6.39. The predicted molar refractivity (Wildman–Crippen MR) is 77.5 cm³/mol. The molecule has 0 saturated heterocycles. The number of rotatable bonds is 6. The van der Waals surface area contributed by atoms with Crippen LogP contribution in [-0.2, 0) is 9.53 Å². The fraction of sp³-hybridized carbons (Fsp3) is 0.733. The first-order valence-electron chi connectivity index (χ1n) is 7.34. The summed E-state index contributed by atoms with van der Waals surface area (Å²) in [5, 5.41) is 3.10. The highest BCUT2D eigenvalue weighted by atomic mass is 16.5. The van der Waals surface area contributed by atoms with E-state index in [0.29, 0.717) is 6.54 Å². The van der Waals surface area contributed by atoms with Gasteiger partial charge < -0.3 is 14.6 Å². The Labute approximate surface area is 120 Å². The molecule has 1 heterocycles. The number of aryl methyl sites for hydroxylation is 1. The van der Waals surface area contributed by atoms with Crippen LogP contribution in [0.25, 0.3) is 0 Å². The molecule has 5 heteroatoms. The molecule has 1 atom stereocenters. The van der Waals surface area contributed by atoms with Gasteiger partial charge in [0.25, 0.3) is 0 Å². The van der Waals surface area contributed by atoms with Gasteiger partial charge in [0.05, 0.1) is 6.61 Å². The second-order valence-corrected chi connectivity index (χ2v) is 5.92. The molecular weight excluding hydrogens is 254 g/mol.